The van der Waals surface area contributed by atoms with Crippen molar-refractivity contribution < 1.29 is 24.2 Å². The van der Waals surface area contributed by atoms with Gasteiger partial charge in [-0.05, 0) is 25.0 Å². The third kappa shape index (κ3) is 3.80. The molecule has 1 N–H and O–H groups in total. The molecule has 1 aromatic carbocycles. The van der Waals surface area contributed by atoms with Gasteiger partial charge in [0.05, 0.1) is 31.4 Å². The van der Waals surface area contributed by atoms with Crippen LogP contribution in [0, 0.1) is 0 Å². The predicted octanol–water partition coefficient (Wildman–Crippen LogP) is 1.05. The number of aliphatic hydroxyl groups is 1. The molecule has 3 aliphatic rings. The lowest BCUT2D eigenvalue weighted by molar-refractivity contribution is -0.135. The van der Waals surface area contributed by atoms with Crippen LogP contribution in [-0.4, -0.2) is 77.8 Å². The van der Waals surface area contributed by atoms with Gasteiger partial charge in [-0.2, -0.15) is 0 Å². The lowest BCUT2D eigenvalue weighted by atomic mass is 9.93. The van der Waals surface area contributed by atoms with E-state index in [9.17, 15) is 14.7 Å². The van der Waals surface area contributed by atoms with Crippen LogP contribution in [0.5, 0.6) is 5.75 Å². The van der Waals surface area contributed by atoms with E-state index in [1.54, 1.807) is 15.9 Å². The third-order valence-electron chi connectivity index (χ3n) is 5.69. The Morgan fingerprint density at radius 3 is 2.81 bits per heavy atom. The molecule has 0 radical (unpaired) electrons. The van der Waals surface area contributed by atoms with Crippen molar-refractivity contribution in [1.82, 2.24) is 9.80 Å². The van der Waals surface area contributed by atoms with E-state index in [2.05, 4.69) is 0 Å². The van der Waals surface area contributed by atoms with Gasteiger partial charge >= 0.3 is 0 Å². The van der Waals surface area contributed by atoms with Crippen molar-refractivity contribution in [3.63, 3.8) is 0 Å². The Kier molecular flexibility index (Phi) is 5.06. The number of aliphatic hydroxyl groups excluding tert-OH is 1. The number of benzene rings is 1. The molecule has 27 heavy (non-hydrogen) atoms. The number of piperidine rings is 1. The molecule has 0 saturated carbocycles. The van der Waals surface area contributed by atoms with E-state index in [1.807, 2.05) is 18.2 Å². The van der Waals surface area contributed by atoms with E-state index in [0.29, 0.717) is 57.0 Å². The van der Waals surface area contributed by atoms with Crippen molar-refractivity contribution in [1.29, 1.82) is 0 Å². The Morgan fingerprint density at radius 1 is 1.26 bits per heavy atom. The van der Waals surface area contributed by atoms with Gasteiger partial charge in [-0.3, -0.25) is 9.59 Å². The second-order valence-corrected chi connectivity index (χ2v) is 7.69. The average Bonchev–Trinajstić information content (AvgIpc) is 2.78. The lowest BCUT2D eigenvalue weighted by Crippen LogP contribution is -2.53. The molecule has 0 unspecified atom stereocenters. The number of para-hydroxylation sites is 1. The molecular formula is C20H26N2O5. The van der Waals surface area contributed by atoms with Crippen molar-refractivity contribution in [3.8, 4) is 5.75 Å². The maximum Gasteiger partial charge on any atom is 0.258 e. The number of carbonyl (C=O) groups excluding carboxylic acids is 2. The zero-order valence-electron chi connectivity index (χ0n) is 15.4. The first-order chi connectivity index (χ1) is 13.1. The number of hydrogen-bond acceptors (Lipinski definition) is 5. The Morgan fingerprint density at radius 2 is 2.04 bits per heavy atom. The normalized spacial score (nSPS) is 24.9. The molecule has 7 nitrogen and oxygen atoms in total. The monoisotopic (exact) mass is 374 g/mol. The first-order valence-electron chi connectivity index (χ1n) is 9.67. The molecule has 2 saturated heterocycles. The number of amides is 2. The summed E-state index contributed by atoms with van der Waals surface area (Å²) in [7, 11) is 0. The number of fused-ring (bicyclic) bond motifs is 1. The van der Waals surface area contributed by atoms with Crippen LogP contribution in [0.1, 0.15) is 36.0 Å². The standard InChI is InChI=1S/C20H26N2O5/c23-15-4-3-9-21(12-15)18(24)13-22-14-20(7-10-26-11-8-20)27-17-6-2-1-5-16(17)19(22)25/h1-2,5-6,15,23H,3-4,7-14H2/t15-/m0/s1. The van der Waals surface area contributed by atoms with Crippen LogP contribution >= 0.6 is 0 Å². The highest BCUT2D eigenvalue weighted by atomic mass is 16.5. The fraction of sp³-hybridized carbons (Fsp3) is 0.600. The van der Waals surface area contributed by atoms with Gasteiger partial charge in [0.25, 0.3) is 5.91 Å². The van der Waals surface area contributed by atoms with E-state index in [-0.39, 0.29) is 18.4 Å². The summed E-state index contributed by atoms with van der Waals surface area (Å²) in [5, 5.41) is 9.85. The highest BCUT2D eigenvalue weighted by Gasteiger charge is 2.42. The molecule has 3 aliphatic heterocycles. The van der Waals surface area contributed by atoms with Gasteiger partial charge in [0.1, 0.15) is 17.9 Å². The van der Waals surface area contributed by atoms with Crippen molar-refractivity contribution in [2.24, 2.45) is 0 Å². The molecule has 3 heterocycles. The molecule has 7 heteroatoms. The van der Waals surface area contributed by atoms with E-state index in [4.69, 9.17) is 9.47 Å². The summed E-state index contributed by atoms with van der Waals surface area (Å²) in [6.07, 6.45) is 2.39. The molecular weight excluding hydrogens is 348 g/mol. The number of rotatable bonds is 2. The van der Waals surface area contributed by atoms with Crippen LogP contribution in [0.3, 0.4) is 0 Å². The minimum Gasteiger partial charge on any atom is -0.484 e. The number of carbonyl (C=O) groups is 2. The Labute approximate surface area is 158 Å². The number of ether oxygens (including phenoxy) is 2. The molecule has 146 valence electrons. The second kappa shape index (κ2) is 7.48. The minimum atomic E-state index is -0.526. The molecule has 2 fully saturated rings. The fourth-order valence-electron chi connectivity index (χ4n) is 4.16. The third-order valence-corrected chi connectivity index (χ3v) is 5.69. The summed E-state index contributed by atoms with van der Waals surface area (Å²) in [6.45, 7) is 2.50. The van der Waals surface area contributed by atoms with Gasteiger partial charge < -0.3 is 24.4 Å². The SMILES string of the molecule is O=C(CN1CC2(CCOCC2)Oc2ccccc2C1=O)N1CCC[C@H](O)C1. The summed E-state index contributed by atoms with van der Waals surface area (Å²) >= 11 is 0. The number of likely N-dealkylation sites (tertiary alicyclic amines) is 1. The van der Waals surface area contributed by atoms with Crippen LogP contribution < -0.4 is 4.74 Å². The van der Waals surface area contributed by atoms with E-state index in [1.165, 1.54) is 0 Å². The Bertz CT molecular complexity index is 716. The average molecular weight is 374 g/mol. The van der Waals surface area contributed by atoms with Crippen LogP contribution in [0.25, 0.3) is 0 Å². The Hall–Kier alpha value is -2.12. The largest absolute Gasteiger partial charge is 0.484 e. The molecule has 0 aromatic heterocycles. The molecule has 1 spiro atoms. The second-order valence-electron chi connectivity index (χ2n) is 7.69. The maximum absolute atomic E-state index is 13.1. The van der Waals surface area contributed by atoms with Crippen molar-refractivity contribution in [2.75, 3.05) is 39.4 Å². The first-order valence-corrected chi connectivity index (χ1v) is 9.67. The summed E-state index contributed by atoms with van der Waals surface area (Å²) in [4.78, 5) is 29.2. The van der Waals surface area contributed by atoms with Gasteiger partial charge in [-0.1, -0.05) is 12.1 Å². The zero-order chi connectivity index (χ0) is 18.9. The smallest absolute Gasteiger partial charge is 0.258 e. The fourth-order valence-corrected chi connectivity index (χ4v) is 4.16. The van der Waals surface area contributed by atoms with Crippen molar-refractivity contribution in [3.05, 3.63) is 29.8 Å². The highest BCUT2D eigenvalue weighted by molar-refractivity contribution is 5.99. The molecule has 2 amide bonds. The summed E-state index contributed by atoms with van der Waals surface area (Å²) < 4.78 is 11.8. The number of β-amino-alcohol motifs (C(OH)–C–C–N with tert-alkyl or cyclic N) is 1. The van der Waals surface area contributed by atoms with Gasteiger partial charge in [-0.25, -0.2) is 0 Å². The molecule has 0 bridgehead atoms. The van der Waals surface area contributed by atoms with Crippen LogP contribution in [0.15, 0.2) is 24.3 Å². The van der Waals surface area contributed by atoms with E-state index >= 15 is 0 Å². The van der Waals surface area contributed by atoms with Crippen LogP contribution in [-0.2, 0) is 9.53 Å². The van der Waals surface area contributed by atoms with Crippen LogP contribution in [0.4, 0.5) is 0 Å². The van der Waals surface area contributed by atoms with Crippen LogP contribution in [0.2, 0.25) is 0 Å². The molecule has 1 atom stereocenters. The minimum absolute atomic E-state index is 0.00581. The first kappa shape index (κ1) is 18.3. The van der Waals surface area contributed by atoms with E-state index < -0.39 is 11.7 Å². The zero-order valence-corrected chi connectivity index (χ0v) is 15.4. The van der Waals surface area contributed by atoms with Crippen molar-refractivity contribution >= 4 is 11.8 Å². The topological polar surface area (TPSA) is 79.3 Å². The summed E-state index contributed by atoms with van der Waals surface area (Å²) in [6, 6.07) is 7.23. The molecule has 0 aliphatic carbocycles. The van der Waals surface area contributed by atoms with Gasteiger partial charge in [-0.15, -0.1) is 0 Å². The maximum atomic E-state index is 13.1. The number of hydrogen-bond donors (Lipinski definition) is 1. The molecule has 4 rings (SSSR count). The lowest BCUT2D eigenvalue weighted by Gasteiger charge is -2.39. The number of nitrogens with zero attached hydrogens (tertiary/aromatic N) is 2. The summed E-state index contributed by atoms with van der Waals surface area (Å²) in [5.41, 5.74) is -0.0327. The van der Waals surface area contributed by atoms with E-state index in [0.717, 1.165) is 12.8 Å². The van der Waals surface area contributed by atoms with Gasteiger partial charge in [0, 0.05) is 25.9 Å². The van der Waals surface area contributed by atoms with Gasteiger partial charge in [0.15, 0.2) is 0 Å². The van der Waals surface area contributed by atoms with Crippen molar-refractivity contribution in [2.45, 2.75) is 37.4 Å². The Balaban J connectivity index is 1.58. The predicted molar refractivity (Wildman–Crippen MR) is 97.6 cm³/mol. The highest BCUT2D eigenvalue weighted by Crippen LogP contribution is 2.35. The quantitative estimate of drug-likeness (QED) is 0.837. The summed E-state index contributed by atoms with van der Waals surface area (Å²) in [5.74, 6) is 0.274. The molecule has 1 aromatic rings. The van der Waals surface area contributed by atoms with Gasteiger partial charge in [0.2, 0.25) is 5.91 Å².